The Balaban J connectivity index is 2.08. The summed E-state index contributed by atoms with van der Waals surface area (Å²) in [6.07, 6.45) is 3.62. The zero-order valence-electron chi connectivity index (χ0n) is 15.4. The molecule has 0 amide bonds. The van der Waals surface area contributed by atoms with Crippen molar-refractivity contribution in [1.29, 1.82) is 0 Å². The highest BCUT2D eigenvalue weighted by Crippen LogP contribution is 2.33. The number of aromatic carboxylic acids is 1. The Morgan fingerprint density at radius 2 is 1.69 bits per heavy atom. The van der Waals surface area contributed by atoms with Gasteiger partial charge in [-0.25, -0.2) is 13.6 Å². The Morgan fingerprint density at radius 3 is 2.31 bits per heavy atom. The molecular weight excluding hydrogens is 382 g/mol. The molecule has 29 heavy (non-hydrogen) atoms. The first-order valence-corrected chi connectivity index (χ1v) is 9.23. The lowest BCUT2D eigenvalue weighted by Crippen LogP contribution is -2.31. The maximum absolute atomic E-state index is 15.6. The number of anilines is 1. The second-order valence-corrected chi connectivity index (χ2v) is 7.03. The molecule has 0 saturated carbocycles. The van der Waals surface area contributed by atoms with Gasteiger partial charge in [0.2, 0.25) is 5.43 Å². The van der Waals surface area contributed by atoms with E-state index in [4.69, 9.17) is 0 Å². The lowest BCUT2D eigenvalue weighted by Gasteiger charge is -2.30. The second-order valence-electron chi connectivity index (χ2n) is 7.03. The zero-order chi connectivity index (χ0) is 20.7. The summed E-state index contributed by atoms with van der Waals surface area (Å²) in [5.41, 5.74) is -1.65. The Labute approximate surface area is 164 Å². The molecule has 0 bridgehead atoms. The van der Waals surface area contributed by atoms with E-state index in [1.54, 1.807) is 4.90 Å². The van der Waals surface area contributed by atoms with Crippen molar-refractivity contribution in [3.05, 3.63) is 63.9 Å². The SMILES string of the molecule is O=C(O)c1cn(-c2ccc(O)cc2)c2c(F)c(N3CCCCC3)c(F)cc2c1=O. The van der Waals surface area contributed by atoms with E-state index >= 15 is 4.39 Å². The van der Waals surface area contributed by atoms with Crippen LogP contribution in [0.1, 0.15) is 29.6 Å². The number of carboxylic acids is 1. The number of phenolic OH excluding ortho intramolecular Hbond substituents is 1. The molecule has 1 aliphatic rings. The number of carboxylic acid groups (broad SMARTS) is 1. The van der Waals surface area contributed by atoms with Gasteiger partial charge in [0.25, 0.3) is 0 Å². The van der Waals surface area contributed by atoms with Crippen molar-refractivity contribution in [1.82, 2.24) is 4.57 Å². The Kier molecular flexibility index (Phi) is 4.70. The smallest absolute Gasteiger partial charge is 0.341 e. The normalized spacial score (nSPS) is 14.3. The Morgan fingerprint density at radius 1 is 1.03 bits per heavy atom. The molecule has 3 aromatic rings. The van der Waals surface area contributed by atoms with Gasteiger partial charge in [-0.1, -0.05) is 0 Å². The first kappa shape index (κ1) is 18.9. The lowest BCUT2D eigenvalue weighted by atomic mass is 10.1. The largest absolute Gasteiger partial charge is 0.508 e. The second kappa shape index (κ2) is 7.20. The van der Waals surface area contributed by atoms with Crippen molar-refractivity contribution in [3.63, 3.8) is 0 Å². The van der Waals surface area contributed by atoms with Crippen LogP contribution in [0.25, 0.3) is 16.6 Å². The molecule has 0 atom stereocenters. The van der Waals surface area contributed by atoms with Gasteiger partial charge in [-0.2, -0.15) is 0 Å². The number of hydrogen-bond acceptors (Lipinski definition) is 4. The summed E-state index contributed by atoms with van der Waals surface area (Å²) >= 11 is 0. The number of halogens is 2. The first-order valence-electron chi connectivity index (χ1n) is 9.23. The number of fused-ring (bicyclic) bond motifs is 1. The molecule has 6 nitrogen and oxygen atoms in total. The van der Waals surface area contributed by atoms with Crippen molar-refractivity contribution in [3.8, 4) is 11.4 Å². The van der Waals surface area contributed by atoms with Crippen LogP contribution < -0.4 is 10.3 Å². The molecule has 1 aromatic heterocycles. The third-order valence-electron chi connectivity index (χ3n) is 5.19. The van der Waals surface area contributed by atoms with Crippen molar-refractivity contribution in [2.45, 2.75) is 19.3 Å². The van der Waals surface area contributed by atoms with E-state index < -0.39 is 28.6 Å². The van der Waals surface area contributed by atoms with E-state index in [1.807, 2.05) is 0 Å². The summed E-state index contributed by atoms with van der Waals surface area (Å²) in [6, 6.07) is 6.52. The number of benzene rings is 2. The van der Waals surface area contributed by atoms with Crippen molar-refractivity contribution in [2.75, 3.05) is 18.0 Å². The zero-order valence-corrected chi connectivity index (χ0v) is 15.4. The molecule has 2 aromatic carbocycles. The van der Waals surface area contributed by atoms with E-state index in [0.29, 0.717) is 18.8 Å². The number of hydrogen-bond donors (Lipinski definition) is 2. The minimum Gasteiger partial charge on any atom is -0.508 e. The molecule has 0 radical (unpaired) electrons. The minimum absolute atomic E-state index is 0.0296. The van der Waals surface area contributed by atoms with E-state index in [0.717, 1.165) is 31.5 Å². The van der Waals surface area contributed by atoms with E-state index in [2.05, 4.69) is 0 Å². The molecule has 0 spiro atoms. The summed E-state index contributed by atoms with van der Waals surface area (Å²) in [6.45, 7) is 0.992. The molecule has 1 fully saturated rings. The van der Waals surface area contributed by atoms with Gasteiger partial charge >= 0.3 is 5.97 Å². The third-order valence-corrected chi connectivity index (χ3v) is 5.19. The number of rotatable bonds is 3. The monoisotopic (exact) mass is 400 g/mol. The highest BCUT2D eigenvalue weighted by Gasteiger charge is 2.26. The quantitative estimate of drug-likeness (QED) is 0.701. The maximum atomic E-state index is 15.6. The van der Waals surface area contributed by atoms with Gasteiger partial charge < -0.3 is 19.7 Å². The summed E-state index contributed by atoms with van der Waals surface area (Å²) in [7, 11) is 0. The van der Waals surface area contributed by atoms with E-state index in [9.17, 15) is 24.2 Å². The molecule has 1 aliphatic heterocycles. The fraction of sp³-hybridized carbons (Fsp3) is 0.238. The molecule has 4 rings (SSSR count). The van der Waals surface area contributed by atoms with Crippen molar-refractivity contribution < 1.29 is 23.8 Å². The molecular formula is C21H18F2N2O4. The van der Waals surface area contributed by atoms with E-state index in [1.165, 1.54) is 28.8 Å². The number of piperidine rings is 1. The van der Waals surface area contributed by atoms with Crippen LogP contribution in [0.2, 0.25) is 0 Å². The minimum atomic E-state index is -1.50. The molecule has 2 N–H and O–H groups in total. The highest BCUT2D eigenvalue weighted by molar-refractivity contribution is 5.94. The van der Waals surface area contributed by atoms with Crippen LogP contribution in [0.4, 0.5) is 14.5 Å². The lowest BCUT2D eigenvalue weighted by molar-refractivity contribution is 0.0695. The maximum Gasteiger partial charge on any atom is 0.341 e. The van der Waals surface area contributed by atoms with Crippen molar-refractivity contribution in [2.24, 2.45) is 0 Å². The van der Waals surface area contributed by atoms with Crippen LogP contribution in [0.3, 0.4) is 0 Å². The van der Waals surface area contributed by atoms with Crippen LogP contribution in [-0.4, -0.2) is 33.8 Å². The number of carbonyl (C=O) groups is 1. The summed E-state index contributed by atoms with van der Waals surface area (Å²) < 4.78 is 31.7. The van der Waals surface area contributed by atoms with Gasteiger partial charge in [0, 0.05) is 25.0 Å². The van der Waals surface area contributed by atoms with Crippen LogP contribution in [0.15, 0.2) is 41.3 Å². The molecule has 8 heteroatoms. The number of aromatic hydroxyl groups is 1. The third kappa shape index (κ3) is 3.20. The average Bonchev–Trinajstić information content (AvgIpc) is 2.70. The van der Waals surface area contributed by atoms with Gasteiger partial charge in [0.05, 0.1) is 10.9 Å². The number of nitrogens with zero attached hydrogens (tertiary/aromatic N) is 2. The fourth-order valence-corrected chi connectivity index (χ4v) is 3.78. The first-order chi connectivity index (χ1) is 13.9. The van der Waals surface area contributed by atoms with Crippen LogP contribution in [0, 0.1) is 11.6 Å². The predicted octanol–water partition coefficient (Wildman–Crippen LogP) is 3.66. The van der Waals surface area contributed by atoms with Gasteiger partial charge in [0.15, 0.2) is 5.82 Å². The van der Waals surface area contributed by atoms with Gasteiger partial charge in [-0.05, 0) is 49.6 Å². The van der Waals surface area contributed by atoms with Crippen LogP contribution >= 0.6 is 0 Å². The summed E-state index contributed by atoms with van der Waals surface area (Å²) in [5.74, 6) is -3.33. The molecule has 150 valence electrons. The number of pyridine rings is 1. The van der Waals surface area contributed by atoms with Gasteiger partial charge in [-0.3, -0.25) is 4.79 Å². The predicted molar refractivity (Wildman–Crippen MR) is 104 cm³/mol. The van der Waals surface area contributed by atoms with Gasteiger partial charge in [-0.15, -0.1) is 0 Å². The summed E-state index contributed by atoms with van der Waals surface area (Å²) in [5, 5.41) is 18.6. The van der Waals surface area contributed by atoms with E-state index in [-0.39, 0.29) is 22.3 Å². The molecule has 0 aliphatic carbocycles. The Bertz CT molecular complexity index is 1170. The topological polar surface area (TPSA) is 82.8 Å². The van der Waals surface area contributed by atoms with Crippen LogP contribution in [-0.2, 0) is 0 Å². The van der Waals surface area contributed by atoms with Gasteiger partial charge in [0.1, 0.15) is 22.8 Å². The fourth-order valence-electron chi connectivity index (χ4n) is 3.78. The molecule has 0 unspecified atom stereocenters. The molecule has 2 heterocycles. The standard InChI is InChI=1S/C21H18F2N2O4/c22-16-10-14-18(17(23)19(16)24-8-2-1-3-9-24)25(11-15(20(14)27)21(28)29)12-4-6-13(26)7-5-12/h4-7,10-11,26H,1-3,8-9H2,(H,28,29). The van der Waals surface area contributed by atoms with Crippen LogP contribution in [0.5, 0.6) is 5.75 Å². The number of aromatic nitrogens is 1. The summed E-state index contributed by atoms with van der Waals surface area (Å²) in [4.78, 5) is 25.8. The average molecular weight is 400 g/mol. The molecule has 1 saturated heterocycles. The highest BCUT2D eigenvalue weighted by atomic mass is 19.1. The number of phenols is 1. The van der Waals surface area contributed by atoms with Crippen molar-refractivity contribution >= 4 is 22.6 Å². The Hall–Kier alpha value is -3.42.